The molecule has 0 radical (unpaired) electrons. The Bertz CT molecular complexity index is 784. The van der Waals surface area contributed by atoms with Gasteiger partial charge in [-0.25, -0.2) is 4.79 Å². The predicted octanol–water partition coefficient (Wildman–Crippen LogP) is 2.93. The lowest BCUT2D eigenvalue weighted by Gasteiger charge is -2.27. The van der Waals surface area contributed by atoms with E-state index in [1.807, 2.05) is 0 Å². The van der Waals surface area contributed by atoms with E-state index >= 15 is 0 Å². The second-order valence-corrected chi connectivity index (χ2v) is 6.98. The normalized spacial score (nSPS) is 23.0. The maximum atomic E-state index is 13.1. The number of nitrogens with one attached hydrogen (secondary N) is 1. The van der Waals surface area contributed by atoms with E-state index in [4.69, 9.17) is 5.11 Å². The van der Waals surface area contributed by atoms with Gasteiger partial charge in [-0.1, -0.05) is 6.07 Å². The predicted molar refractivity (Wildman–Crippen MR) is 93.9 cm³/mol. The highest BCUT2D eigenvalue weighted by Gasteiger charge is 2.53. The van der Waals surface area contributed by atoms with Crippen molar-refractivity contribution in [1.29, 1.82) is 0 Å². The molecule has 0 aliphatic carbocycles. The third kappa shape index (κ3) is 4.20. The fourth-order valence-electron chi connectivity index (χ4n) is 3.58. The molecule has 2 saturated heterocycles. The van der Waals surface area contributed by atoms with Crippen LogP contribution in [0, 0.1) is 11.8 Å². The van der Waals surface area contributed by atoms with Crippen LogP contribution in [0.2, 0.25) is 0 Å². The third-order valence-electron chi connectivity index (χ3n) is 5.08. The van der Waals surface area contributed by atoms with Crippen molar-refractivity contribution in [1.82, 2.24) is 4.90 Å². The van der Waals surface area contributed by atoms with E-state index < -0.39 is 43.1 Å². The average Bonchev–Trinajstić information content (AvgIpc) is 3.09. The summed E-state index contributed by atoms with van der Waals surface area (Å²) in [5.41, 5.74) is 0.920. The number of halogens is 3. The number of carbonyl (C=O) groups is 3. The summed E-state index contributed by atoms with van der Waals surface area (Å²) < 4.78 is 39.2. The van der Waals surface area contributed by atoms with Gasteiger partial charge in [0.05, 0.1) is 11.8 Å². The second-order valence-electron chi connectivity index (χ2n) is 6.98. The number of carbonyl (C=O) groups excluding carboxylic acids is 2. The number of likely N-dealkylation sites (tertiary alicyclic amines) is 1. The SMILES string of the molecule is O=C(O)[C@@H]1CN(C(=O)Nc2cccc(N3CCCCC3=O)c2)C[C@H]1C(F)(F)F. The Morgan fingerprint density at radius 3 is 2.54 bits per heavy atom. The van der Waals surface area contributed by atoms with Crippen molar-refractivity contribution in [3.63, 3.8) is 0 Å². The number of anilines is 2. The maximum absolute atomic E-state index is 13.1. The Labute approximate surface area is 159 Å². The first kappa shape index (κ1) is 20.0. The molecule has 3 rings (SSSR count). The zero-order chi connectivity index (χ0) is 20.5. The van der Waals surface area contributed by atoms with Crippen molar-refractivity contribution in [3.8, 4) is 0 Å². The summed E-state index contributed by atoms with van der Waals surface area (Å²) >= 11 is 0. The second kappa shape index (κ2) is 7.69. The van der Waals surface area contributed by atoms with Gasteiger partial charge in [0.2, 0.25) is 5.91 Å². The third-order valence-corrected chi connectivity index (χ3v) is 5.08. The number of hydrogen-bond acceptors (Lipinski definition) is 3. The van der Waals surface area contributed by atoms with Crippen molar-refractivity contribution < 1.29 is 32.7 Å². The van der Waals surface area contributed by atoms with Gasteiger partial charge in [-0.15, -0.1) is 0 Å². The summed E-state index contributed by atoms with van der Waals surface area (Å²) in [4.78, 5) is 38.0. The molecule has 2 atom stereocenters. The van der Waals surface area contributed by atoms with Crippen molar-refractivity contribution in [2.24, 2.45) is 11.8 Å². The molecule has 2 fully saturated rings. The molecule has 1 aromatic rings. The van der Waals surface area contributed by atoms with Crippen LogP contribution in [0.3, 0.4) is 0 Å². The molecule has 2 heterocycles. The summed E-state index contributed by atoms with van der Waals surface area (Å²) in [7, 11) is 0. The van der Waals surface area contributed by atoms with Gasteiger partial charge in [0, 0.05) is 37.4 Å². The van der Waals surface area contributed by atoms with Gasteiger partial charge < -0.3 is 20.2 Å². The minimum absolute atomic E-state index is 0.0217. The largest absolute Gasteiger partial charge is 0.481 e. The lowest BCUT2D eigenvalue weighted by atomic mass is 9.96. The number of nitrogens with zero attached hydrogens (tertiary/aromatic N) is 2. The van der Waals surface area contributed by atoms with Crippen LogP contribution in [-0.2, 0) is 9.59 Å². The van der Waals surface area contributed by atoms with Crippen molar-refractivity contribution in [3.05, 3.63) is 24.3 Å². The molecule has 0 aromatic heterocycles. The Morgan fingerprint density at radius 1 is 1.18 bits per heavy atom. The number of piperidine rings is 1. The Hall–Kier alpha value is -2.78. The summed E-state index contributed by atoms with van der Waals surface area (Å²) in [5.74, 6) is -5.40. The highest BCUT2D eigenvalue weighted by Crippen LogP contribution is 2.38. The molecular formula is C18H20F3N3O4. The number of aliphatic carboxylic acids is 1. The highest BCUT2D eigenvalue weighted by atomic mass is 19.4. The molecule has 152 valence electrons. The van der Waals surface area contributed by atoms with Crippen LogP contribution in [0.5, 0.6) is 0 Å². The van der Waals surface area contributed by atoms with E-state index in [1.54, 1.807) is 29.2 Å². The number of carboxylic acid groups (broad SMARTS) is 1. The molecule has 3 amide bonds. The van der Waals surface area contributed by atoms with E-state index in [-0.39, 0.29) is 5.91 Å². The Kier molecular flexibility index (Phi) is 5.48. The van der Waals surface area contributed by atoms with E-state index in [0.29, 0.717) is 24.3 Å². The lowest BCUT2D eigenvalue weighted by Crippen LogP contribution is -2.36. The van der Waals surface area contributed by atoms with Gasteiger partial charge in [-0.2, -0.15) is 13.2 Å². The van der Waals surface area contributed by atoms with Crippen LogP contribution in [0.25, 0.3) is 0 Å². The van der Waals surface area contributed by atoms with Gasteiger partial charge >= 0.3 is 18.2 Å². The molecule has 10 heteroatoms. The summed E-state index contributed by atoms with van der Waals surface area (Å²) in [6.45, 7) is -0.665. The zero-order valence-corrected chi connectivity index (χ0v) is 14.9. The van der Waals surface area contributed by atoms with E-state index in [2.05, 4.69) is 5.32 Å². The quantitative estimate of drug-likeness (QED) is 0.818. The number of benzene rings is 1. The Morgan fingerprint density at radius 2 is 1.93 bits per heavy atom. The van der Waals surface area contributed by atoms with E-state index in [0.717, 1.165) is 17.7 Å². The minimum atomic E-state index is -4.70. The fourth-order valence-corrected chi connectivity index (χ4v) is 3.58. The molecule has 0 bridgehead atoms. The molecule has 0 saturated carbocycles. The van der Waals surface area contributed by atoms with Crippen molar-refractivity contribution in [2.45, 2.75) is 25.4 Å². The van der Waals surface area contributed by atoms with E-state index in [9.17, 15) is 27.6 Å². The number of rotatable bonds is 3. The highest BCUT2D eigenvalue weighted by molar-refractivity contribution is 5.96. The average molecular weight is 399 g/mol. The first-order chi connectivity index (χ1) is 13.2. The first-order valence-corrected chi connectivity index (χ1v) is 8.92. The standard InChI is InChI=1S/C18H20F3N3O4/c19-18(20,21)14-10-23(9-13(14)16(26)27)17(28)22-11-4-3-5-12(8-11)24-7-2-1-6-15(24)25/h3-5,8,13-14H,1-2,6-7,9-10H2,(H,22,28)(H,26,27)/t13-,14-/m1/s1. The van der Waals surface area contributed by atoms with Crippen LogP contribution in [-0.4, -0.2) is 53.7 Å². The van der Waals surface area contributed by atoms with Gasteiger partial charge in [0.25, 0.3) is 0 Å². The molecule has 28 heavy (non-hydrogen) atoms. The monoisotopic (exact) mass is 399 g/mol. The minimum Gasteiger partial charge on any atom is -0.481 e. The summed E-state index contributed by atoms with van der Waals surface area (Å²) in [6.07, 6.45) is -2.57. The van der Waals surface area contributed by atoms with Gasteiger partial charge in [-0.05, 0) is 31.0 Å². The van der Waals surface area contributed by atoms with E-state index in [1.165, 1.54) is 0 Å². The number of urea groups is 1. The molecule has 2 aliphatic heterocycles. The van der Waals surface area contributed by atoms with Gasteiger partial charge in [-0.3, -0.25) is 9.59 Å². The molecule has 2 N–H and O–H groups in total. The van der Waals surface area contributed by atoms with Crippen molar-refractivity contribution >= 4 is 29.3 Å². The molecule has 2 aliphatic rings. The number of alkyl halides is 3. The van der Waals surface area contributed by atoms with Crippen LogP contribution in [0.1, 0.15) is 19.3 Å². The molecule has 1 aromatic carbocycles. The lowest BCUT2D eigenvalue weighted by molar-refractivity contribution is -0.187. The first-order valence-electron chi connectivity index (χ1n) is 8.92. The van der Waals surface area contributed by atoms with Gasteiger partial charge in [0.1, 0.15) is 0 Å². The summed E-state index contributed by atoms with van der Waals surface area (Å²) in [5, 5.41) is 11.5. The molecule has 7 nitrogen and oxygen atoms in total. The zero-order valence-electron chi connectivity index (χ0n) is 14.9. The number of amides is 3. The number of carboxylic acids is 1. The van der Waals surface area contributed by atoms with Crippen LogP contribution >= 0.6 is 0 Å². The Balaban J connectivity index is 1.70. The smallest absolute Gasteiger partial charge is 0.394 e. The fraction of sp³-hybridized carbons (Fsp3) is 0.500. The maximum Gasteiger partial charge on any atom is 0.394 e. The van der Waals surface area contributed by atoms with Gasteiger partial charge in [0.15, 0.2) is 0 Å². The summed E-state index contributed by atoms with van der Waals surface area (Å²) in [6, 6.07) is 5.68. The van der Waals surface area contributed by atoms with Crippen LogP contribution in [0.4, 0.5) is 29.3 Å². The molecule has 0 unspecified atom stereocenters. The molecular weight excluding hydrogens is 379 g/mol. The van der Waals surface area contributed by atoms with Crippen LogP contribution < -0.4 is 10.2 Å². The topological polar surface area (TPSA) is 89.9 Å². The number of hydrogen-bond donors (Lipinski definition) is 2. The van der Waals surface area contributed by atoms with Crippen molar-refractivity contribution in [2.75, 3.05) is 29.9 Å². The molecule has 0 spiro atoms. The van der Waals surface area contributed by atoms with Crippen LogP contribution in [0.15, 0.2) is 24.3 Å².